The quantitative estimate of drug-likeness (QED) is 0.717. The minimum absolute atomic E-state index is 0.110. The van der Waals surface area contributed by atoms with Gasteiger partial charge in [-0.05, 0) is 13.0 Å². The zero-order valence-corrected chi connectivity index (χ0v) is 8.71. The van der Waals surface area contributed by atoms with Gasteiger partial charge >= 0.3 is 0 Å². The molecule has 0 saturated carbocycles. The second-order valence-corrected chi connectivity index (χ2v) is 3.15. The van der Waals surface area contributed by atoms with Gasteiger partial charge in [0, 0.05) is 24.8 Å². The molecule has 0 amide bonds. The maximum absolute atomic E-state index is 12.8. The molecule has 82 valence electrons. The smallest absolute Gasteiger partial charge is 0.272 e. The molecule has 0 bridgehead atoms. The zero-order chi connectivity index (χ0) is 11.3. The summed E-state index contributed by atoms with van der Waals surface area (Å²) in [7, 11) is 0. The molecule has 0 aliphatic heterocycles. The van der Waals surface area contributed by atoms with Crippen LogP contribution in [0, 0.1) is 0 Å². The van der Waals surface area contributed by atoms with E-state index in [-0.39, 0.29) is 5.56 Å². The molecule has 0 aliphatic rings. The highest BCUT2D eigenvalue weighted by Gasteiger charge is 2.24. The average Bonchev–Trinajstić information content (AvgIpc) is 2.18. The highest BCUT2D eigenvalue weighted by Crippen LogP contribution is 2.26. The van der Waals surface area contributed by atoms with E-state index in [1.165, 1.54) is 12.1 Å². The number of hydrogen-bond donors (Lipinski definition) is 0. The molecule has 0 aliphatic carbocycles. The number of hydrogen-bond acceptors (Lipinski definition) is 2. The third-order valence-electron chi connectivity index (χ3n) is 1.81. The third kappa shape index (κ3) is 3.65. The summed E-state index contributed by atoms with van der Waals surface area (Å²) >= 11 is 0. The molecule has 4 heteroatoms. The van der Waals surface area contributed by atoms with Crippen LogP contribution in [0.5, 0.6) is 5.88 Å². The fraction of sp³-hybridized carbons (Fsp3) is 0.364. The van der Waals surface area contributed by atoms with E-state index in [9.17, 15) is 8.78 Å². The first-order valence-electron chi connectivity index (χ1n) is 4.62. The Balaban J connectivity index is 2.64. The van der Waals surface area contributed by atoms with E-state index in [1.807, 2.05) is 19.1 Å². The maximum atomic E-state index is 12.8. The molecule has 0 saturated heterocycles. The summed E-state index contributed by atoms with van der Waals surface area (Å²) < 4.78 is 30.8. The zero-order valence-electron chi connectivity index (χ0n) is 8.71. The first-order valence-corrected chi connectivity index (χ1v) is 4.62. The van der Waals surface area contributed by atoms with Gasteiger partial charge in [0.2, 0.25) is 5.88 Å². The largest absolute Gasteiger partial charge is 0.473 e. The lowest BCUT2D eigenvalue weighted by Crippen LogP contribution is -2.07. The van der Waals surface area contributed by atoms with Crippen molar-refractivity contribution in [2.75, 3.05) is 6.61 Å². The standard InChI is InChI=1S/C11H13F2NO/c1-3-4-7-15-10-6-5-9(8-14-10)11(2,12)13/h3-6,8H,7H2,1-2H3/b4-3+. The number of alkyl halides is 2. The van der Waals surface area contributed by atoms with Crippen LogP contribution in [0.25, 0.3) is 0 Å². The molecule has 1 aromatic rings. The molecule has 1 aromatic heterocycles. The molecule has 0 aromatic carbocycles. The van der Waals surface area contributed by atoms with Gasteiger partial charge in [0.1, 0.15) is 6.61 Å². The topological polar surface area (TPSA) is 22.1 Å². The number of rotatable bonds is 4. The first kappa shape index (κ1) is 11.6. The van der Waals surface area contributed by atoms with E-state index in [0.717, 1.165) is 13.1 Å². The second-order valence-electron chi connectivity index (χ2n) is 3.15. The lowest BCUT2D eigenvalue weighted by atomic mass is 10.2. The highest BCUT2D eigenvalue weighted by molar-refractivity contribution is 5.21. The Morgan fingerprint density at radius 1 is 1.47 bits per heavy atom. The Morgan fingerprint density at radius 2 is 2.20 bits per heavy atom. The summed E-state index contributed by atoms with van der Waals surface area (Å²) in [6, 6.07) is 2.76. The first-order chi connectivity index (χ1) is 7.04. The van der Waals surface area contributed by atoms with Crippen LogP contribution in [-0.2, 0) is 5.92 Å². The second kappa shape index (κ2) is 4.87. The molecular formula is C11H13F2NO. The molecular weight excluding hydrogens is 200 g/mol. The van der Waals surface area contributed by atoms with Crippen molar-refractivity contribution in [1.29, 1.82) is 0 Å². The highest BCUT2D eigenvalue weighted by atomic mass is 19.3. The van der Waals surface area contributed by atoms with Crippen molar-refractivity contribution in [2.45, 2.75) is 19.8 Å². The number of pyridine rings is 1. The van der Waals surface area contributed by atoms with Gasteiger partial charge in [0.25, 0.3) is 5.92 Å². The van der Waals surface area contributed by atoms with Gasteiger partial charge in [0.05, 0.1) is 0 Å². The Hall–Kier alpha value is -1.45. The van der Waals surface area contributed by atoms with Crippen molar-refractivity contribution < 1.29 is 13.5 Å². The summed E-state index contributed by atoms with van der Waals surface area (Å²) in [5.41, 5.74) is -0.110. The van der Waals surface area contributed by atoms with Crippen LogP contribution in [-0.4, -0.2) is 11.6 Å². The molecule has 0 unspecified atom stereocenters. The summed E-state index contributed by atoms with van der Waals surface area (Å²) in [4.78, 5) is 3.78. The monoisotopic (exact) mass is 213 g/mol. The van der Waals surface area contributed by atoms with Crippen LogP contribution in [0.3, 0.4) is 0 Å². The van der Waals surface area contributed by atoms with Crippen molar-refractivity contribution in [1.82, 2.24) is 4.98 Å². The molecule has 15 heavy (non-hydrogen) atoms. The number of halogens is 2. The van der Waals surface area contributed by atoms with Gasteiger partial charge in [-0.2, -0.15) is 0 Å². The summed E-state index contributed by atoms with van der Waals surface area (Å²) in [5.74, 6) is -2.50. The van der Waals surface area contributed by atoms with Gasteiger partial charge in [-0.15, -0.1) is 0 Å². The number of nitrogens with zero attached hydrogens (tertiary/aromatic N) is 1. The SMILES string of the molecule is C/C=C/COc1ccc(C(C)(F)F)cn1. The molecule has 0 radical (unpaired) electrons. The maximum Gasteiger partial charge on any atom is 0.272 e. The molecule has 1 heterocycles. The molecule has 2 nitrogen and oxygen atoms in total. The van der Waals surface area contributed by atoms with Crippen molar-refractivity contribution in [2.24, 2.45) is 0 Å². The Bertz CT molecular complexity index is 327. The van der Waals surface area contributed by atoms with Gasteiger partial charge in [0.15, 0.2) is 0 Å². The molecule has 0 spiro atoms. The van der Waals surface area contributed by atoms with Gasteiger partial charge in [-0.1, -0.05) is 12.2 Å². The van der Waals surface area contributed by atoms with Crippen LogP contribution in [0.4, 0.5) is 8.78 Å². The fourth-order valence-electron chi connectivity index (χ4n) is 0.955. The summed E-state index contributed by atoms with van der Waals surface area (Å²) in [6.07, 6.45) is 4.78. The van der Waals surface area contributed by atoms with Crippen LogP contribution >= 0.6 is 0 Å². The third-order valence-corrected chi connectivity index (χ3v) is 1.81. The van der Waals surface area contributed by atoms with Crippen LogP contribution in [0.2, 0.25) is 0 Å². The predicted molar refractivity (Wildman–Crippen MR) is 54.1 cm³/mol. The Morgan fingerprint density at radius 3 is 2.67 bits per heavy atom. The number of ether oxygens (including phenoxy) is 1. The number of aromatic nitrogens is 1. The van der Waals surface area contributed by atoms with Crippen LogP contribution < -0.4 is 4.74 Å². The number of allylic oxidation sites excluding steroid dienone is 1. The molecule has 0 fully saturated rings. The van der Waals surface area contributed by atoms with Crippen molar-refractivity contribution in [3.63, 3.8) is 0 Å². The van der Waals surface area contributed by atoms with Crippen molar-refractivity contribution >= 4 is 0 Å². The Kier molecular flexibility index (Phi) is 3.77. The molecule has 1 rings (SSSR count). The lowest BCUT2D eigenvalue weighted by Gasteiger charge is -2.10. The molecule has 0 atom stereocenters. The average molecular weight is 213 g/mol. The Labute approximate surface area is 87.6 Å². The van der Waals surface area contributed by atoms with E-state index in [1.54, 1.807) is 0 Å². The van der Waals surface area contributed by atoms with Crippen molar-refractivity contribution in [3.8, 4) is 5.88 Å². The fourth-order valence-corrected chi connectivity index (χ4v) is 0.955. The van der Waals surface area contributed by atoms with E-state index >= 15 is 0 Å². The summed E-state index contributed by atoms with van der Waals surface area (Å²) in [5, 5.41) is 0. The molecule has 0 N–H and O–H groups in total. The minimum atomic E-state index is -2.85. The van der Waals surface area contributed by atoms with E-state index in [4.69, 9.17) is 4.74 Å². The van der Waals surface area contributed by atoms with Crippen LogP contribution in [0.15, 0.2) is 30.5 Å². The van der Waals surface area contributed by atoms with E-state index in [0.29, 0.717) is 12.5 Å². The van der Waals surface area contributed by atoms with Gasteiger partial charge in [-0.3, -0.25) is 0 Å². The van der Waals surface area contributed by atoms with E-state index in [2.05, 4.69) is 4.98 Å². The lowest BCUT2D eigenvalue weighted by molar-refractivity contribution is 0.0170. The van der Waals surface area contributed by atoms with Crippen molar-refractivity contribution in [3.05, 3.63) is 36.0 Å². The normalized spacial score (nSPS) is 12.0. The van der Waals surface area contributed by atoms with Crippen LogP contribution in [0.1, 0.15) is 19.4 Å². The minimum Gasteiger partial charge on any atom is -0.473 e. The van der Waals surface area contributed by atoms with E-state index < -0.39 is 5.92 Å². The van der Waals surface area contributed by atoms with Gasteiger partial charge < -0.3 is 4.74 Å². The van der Waals surface area contributed by atoms with Gasteiger partial charge in [-0.25, -0.2) is 13.8 Å². The predicted octanol–water partition coefficient (Wildman–Crippen LogP) is 3.15. The summed E-state index contributed by atoms with van der Waals surface area (Å²) in [6.45, 7) is 3.10.